The molecule has 1 heterocycles. The summed E-state index contributed by atoms with van der Waals surface area (Å²) in [4.78, 5) is 0. The van der Waals surface area contributed by atoms with Crippen LogP contribution in [0.25, 0.3) is 0 Å². The zero-order valence-electron chi connectivity index (χ0n) is 9.24. The van der Waals surface area contributed by atoms with Crippen LogP contribution >= 0.6 is 0 Å². The van der Waals surface area contributed by atoms with Crippen LogP contribution in [-0.2, 0) is 0 Å². The molecule has 1 N–H and O–H groups in total. The van der Waals surface area contributed by atoms with E-state index in [1.807, 2.05) is 0 Å². The van der Waals surface area contributed by atoms with Gasteiger partial charge in [0, 0.05) is 23.5 Å². The maximum Gasteiger partial charge on any atom is 0.231 e. The number of anilines is 2. The predicted molar refractivity (Wildman–Crippen MR) is 68.9 cm³/mol. The van der Waals surface area contributed by atoms with E-state index in [1.54, 1.807) is 18.2 Å². The Balaban J connectivity index is 0.00000133. The highest BCUT2D eigenvalue weighted by Crippen LogP contribution is 2.35. The van der Waals surface area contributed by atoms with Crippen molar-refractivity contribution in [2.75, 3.05) is 12.1 Å². The van der Waals surface area contributed by atoms with Crippen LogP contribution in [-0.4, -0.2) is 6.79 Å². The van der Waals surface area contributed by atoms with Gasteiger partial charge in [0.1, 0.15) is 0 Å². The number of hydrogen-bond acceptors (Lipinski definition) is 3. The number of fused-ring (bicyclic) bond motifs is 1. The highest BCUT2D eigenvalue weighted by atomic mass is 19.2. The second-order valence-corrected chi connectivity index (χ2v) is 3.82. The van der Waals surface area contributed by atoms with E-state index in [1.165, 1.54) is 6.07 Å². The van der Waals surface area contributed by atoms with Crippen molar-refractivity contribution in [1.29, 1.82) is 0 Å². The van der Waals surface area contributed by atoms with Crippen molar-refractivity contribution >= 4 is 11.4 Å². The summed E-state index contributed by atoms with van der Waals surface area (Å²) in [6, 6.07) is 8.90. The van der Waals surface area contributed by atoms with Gasteiger partial charge in [-0.3, -0.25) is 0 Å². The number of halogens is 2. The van der Waals surface area contributed by atoms with Crippen molar-refractivity contribution in [3.63, 3.8) is 0 Å². The Morgan fingerprint density at radius 1 is 0.842 bits per heavy atom. The third-order valence-corrected chi connectivity index (χ3v) is 2.58. The first-order valence-corrected chi connectivity index (χ1v) is 5.34. The molecule has 0 amide bonds. The Bertz CT molecular complexity index is 602. The van der Waals surface area contributed by atoms with E-state index in [-0.39, 0.29) is 14.2 Å². The standard InChI is InChI=1S/C13H9F2NO2.CH4/c14-10-3-1-8(5-11(10)15)16-9-2-4-12-13(6-9)18-7-17-12;/h1-6,16H,7H2;1H4. The molecule has 3 nitrogen and oxygen atoms in total. The van der Waals surface area contributed by atoms with Gasteiger partial charge in [0.05, 0.1) is 0 Å². The Morgan fingerprint density at radius 2 is 1.53 bits per heavy atom. The molecule has 0 fully saturated rings. The molecule has 3 rings (SSSR count). The fourth-order valence-electron chi connectivity index (χ4n) is 1.71. The minimum atomic E-state index is -0.888. The van der Waals surface area contributed by atoms with Crippen molar-refractivity contribution in [3.05, 3.63) is 48.0 Å². The molecule has 0 aliphatic carbocycles. The molecular weight excluding hydrogens is 252 g/mol. The summed E-state index contributed by atoms with van der Waals surface area (Å²) in [5.41, 5.74) is 1.18. The molecule has 0 radical (unpaired) electrons. The molecular formula is C14H13F2NO2. The van der Waals surface area contributed by atoms with Crippen LogP contribution in [0.1, 0.15) is 7.43 Å². The molecule has 5 heteroatoms. The molecule has 0 atom stereocenters. The summed E-state index contributed by atoms with van der Waals surface area (Å²) in [6.45, 7) is 0.198. The predicted octanol–water partition coefficient (Wildman–Crippen LogP) is 4.07. The quantitative estimate of drug-likeness (QED) is 0.887. The zero-order chi connectivity index (χ0) is 12.5. The highest BCUT2D eigenvalue weighted by Gasteiger charge is 2.13. The fraction of sp³-hybridized carbons (Fsp3) is 0.143. The Kier molecular flexibility index (Phi) is 3.55. The van der Waals surface area contributed by atoms with Gasteiger partial charge in [-0.15, -0.1) is 0 Å². The van der Waals surface area contributed by atoms with Crippen molar-refractivity contribution in [2.45, 2.75) is 7.43 Å². The third kappa shape index (κ3) is 2.59. The molecule has 2 aromatic rings. The summed E-state index contributed by atoms with van der Waals surface area (Å²) in [6.07, 6.45) is 0. The average Bonchev–Trinajstić information content (AvgIpc) is 2.81. The van der Waals surface area contributed by atoms with Crippen LogP contribution in [0.4, 0.5) is 20.2 Å². The van der Waals surface area contributed by atoms with E-state index >= 15 is 0 Å². The molecule has 19 heavy (non-hydrogen) atoms. The van der Waals surface area contributed by atoms with Crippen molar-refractivity contribution < 1.29 is 18.3 Å². The van der Waals surface area contributed by atoms with Crippen LogP contribution < -0.4 is 14.8 Å². The SMILES string of the molecule is C.Fc1ccc(Nc2ccc3c(c2)OCO3)cc1F. The molecule has 0 spiro atoms. The van der Waals surface area contributed by atoms with Crippen molar-refractivity contribution in [1.82, 2.24) is 0 Å². The molecule has 0 unspecified atom stereocenters. The molecule has 0 aromatic heterocycles. The second kappa shape index (κ2) is 5.14. The van der Waals surface area contributed by atoms with Gasteiger partial charge in [0.15, 0.2) is 23.1 Å². The van der Waals surface area contributed by atoms with Crippen LogP contribution in [0.2, 0.25) is 0 Å². The van der Waals surface area contributed by atoms with Gasteiger partial charge in [-0.05, 0) is 24.3 Å². The largest absolute Gasteiger partial charge is 0.454 e. The Labute approximate surface area is 109 Å². The third-order valence-electron chi connectivity index (χ3n) is 2.58. The van der Waals surface area contributed by atoms with E-state index in [4.69, 9.17) is 9.47 Å². The maximum absolute atomic E-state index is 13.0. The van der Waals surface area contributed by atoms with Crippen LogP contribution in [0.15, 0.2) is 36.4 Å². The van der Waals surface area contributed by atoms with E-state index in [9.17, 15) is 8.78 Å². The molecule has 0 saturated heterocycles. The number of rotatable bonds is 2. The first-order chi connectivity index (χ1) is 8.72. The summed E-state index contributed by atoms with van der Waals surface area (Å²) < 4.78 is 36.2. The molecule has 0 bridgehead atoms. The number of nitrogens with one attached hydrogen (secondary N) is 1. The first-order valence-electron chi connectivity index (χ1n) is 5.34. The minimum absolute atomic E-state index is 0. The van der Waals surface area contributed by atoms with Gasteiger partial charge in [0.2, 0.25) is 6.79 Å². The lowest BCUT2D eigenvalue weighted by molar-refractivity contribution is 0.174. The summed E-state index contributed by atoms with van der Waals surface area (Å²) >= 11 is 0. The van der Waals surface area contributed by atoms with Gasteiger partial charge in [0.25, 0.3) is 0 Å². The van der Waals surface area contributed by atoms with E-state index in [2.05, 4.69) is 5.32 Å². The number of ether oxygens (including phenoxy) is 2. The number of benzene rings is 2. The van der Waals surface area contributed by atoms with Gasteiger partial charge in [-0.2, -0.15) is 0 Å². The highest BCUT2D eigenvalue weighted by molar-refractivity contribution is 5.63. The number of hydrogen-bond donors (Lipinski definition) is 1. The lowest BCUT2D eigenvalue weighted by Crippen LogP contribution is -1.93. The summed E-state index contributed by atoms with van der Waals surface area (Å²) in [5, 5.41) is 2.96. The zero-order valence-corrected chi connectivity index (χ0v) is 9.24. The van der Waals surface area contributed by atoms with Crippen LogP contribution in [0.3, 0.4) is 0 Å². The van der Waals surface area contributed by atoms with Crippen molar-refractivity contribution in [2.24, 2.45) is 0 Å². The smallest absolute Gasteiger partial charge is 0.231 e. The molecule has 2 aromatic carbocycles. The lowest BCUT2D eigenvalue weighted by atomic mass is 10.2. The lowest BCUT2D eigenvalue weighted by Gasteiger charge is -2.07. The maximum atomic E-state index is 13.0. The van der Waals surface area contributed by atoms with Gasteiger partial charge >= 0.3 is 0 Å². The molecule has 0 saturated carbocycles. The van der Waals surface area contributed by atoms with Crippen molar-refractivity contribution in [3.8, 4) is 11.5 Å². The van der Waals surface area contributed by atoms with Crippen LogP contribution in [0, 0.1) is 11.6 Å². The van der Waals surface area contributed by atoms with Crippen LogP contribution in [0.5, 0.6) is 11.5 Å². The van der Waals surface area contributed by atoms with E-state index < -0.39 is 11.6 Å². The average molecular weight is 265 g/mol. The second-order valence-electron chi connectivity index (χ2n) is 3.82. The van der Waals surface area contributed by atoms with Gasteiger partial charge in [-0.1, -0.05) is 7.43 Å². The fourth-order valence-corrected chi connectivity index (χ4v) is 1.71. The van der Waals surface area contributed by atoms with E-state index in [0.29, 0.717) is 22.9 Å². The first kappa shape index (κ1) is 13.1. The Morgan fingerprint density at radius 3 is 2.32 bits per heavy atom. The topological polar surface area (TPSA) is 30.5 Å². The normalized spacial score (nSPS) is 11.9. The Hall–Kier alpha value is -2.30. The molecule has 1 aliphatic rings. The van der Waals surface area contributed by atoms with Gasteiger partial charge in [-0.25, -0.2) is 8.78 Å². The molecule has 100 valence electrons. The summed E-state index contributed by atoms with van der Waals surface area (Å²) in [7, 11) is 0. The van der Waals surface area contributed by atoms with Gasteiger partial charge < -0.3 is 14.8 Å². The molecule has 1 aliphatic heterocycles. The van der Waals surface area contributed by atoms with E-state index in [0.717, 1.165) is 12.1 Å². The monoisotopic (exact) mass is 265 g/mol. The minimum Gasteiger partial charge on any atom is -0.454 e. The summed E-state index contributed by atoms with van der Waals surface area (Å²) in [5.74, 6) is -0.458.